The van der Waals surface area contributed by atoms with Crippen LogP contribution in [0.15, 0.2) is 24.3 Å². The number of aliphatic hydroxyl groups excluding tert-OH is 1. The zero-order valence-electron chi connectivity index (χ0n) is 13.4. The van der Waals surface area contributed by atoms with Gasteiger partial charge in [0.15, 0.2) is 0 Å². The Labute approximate surface area is 132 Å². The highest BCUT2D eigenvalue weighted by atomic mass is 16.5. The van der Waals surface area contributed by atoms with E-state index < -0.39 is 0 Å². The van der Waals surface area contributed by atoms with E-state index in [9.17, 15) is 9.90 Å². The molecular weight excluding hydrogens is 278 g/mol. The summed E-state index contributed by atoms with van der Waals surface area (Å²) < 4.78 is 5.20. The summed E-state index contributed by atoms with van der Waals surface area (Å²) in [7, 11) is 1.65. The molecule has 1 aromatic carbocycles. The first-order valence-electron chi connectivity index (χ1n) is 8.26. The Balaban J connectivity index is 1.83. The van der Waals surface area contributed by atoms with Gasteiger partial charge in [0.25, 0.3) is 0 Å². The standard InChI is InChI=1S/C18H27NO3/c1-22-16-8-5-6-14(12-16)10-11-18(21)19-17-9-4-2-3-7-15(17)13-20/h5-6,8,12,15,17,20H,2-4,7,9-11,13H2,1H3,(H,19,21). The van der Waals surface area contributed by atoms with Crippen LogP contribution in [0.3, 0.4) is 0 Å². The van der Waals surface area contributed by atoms with E-state index in [0.29, 0.717) is 12.8 Å². The molecule has 1 saturated carbocycles. The van der Waals surface area contributed by atoms with Crippen molar-refractivity contribution in [3.8, 4) is 5.75 Å². The number of aliphatic hydroxyl groups is 1. The fraction of sp³-hybridized carbons (Fsp3) is 0.611. The van der Waals surface area contributed by atoms with Crippen LogP contribution < -0.4 is 10.1 Å². The Hall–Kier alpha value is -1.55. The van der Waals surface area contributed by atoms with Crippen molar-refractivity contribution in [1.82, 2.24) is 5.32 Å². The fourth-order valence-electron chi connectivity index (χ4n) is 3.16. The van der Waals surface area contributed by atoms with E-state index >= 15 is 0 Å². The third kappa shape index (κ3) is 5.02. The van der Waals surface area contributed by atoms with Crippen LogP contribution in [0.4, 0.5) is 0 Å². The van der Waals surface area contributed by atoms with E-state index in [1.807, 2.05) is 24.3 Å². The van der Waals surface area contributed by atoms with Crippen LogP contribution in [0.5, 0.6) is 5.75 Å². The number of aryl methyl sites for hydroxylation is 1. The molecule has 4 nitrogen and oxygen atoms in total. The highest BCUT2D eigenvalue weighted by molar-refractivity contribution is 5.76. The van der Waals surface area contributed by atoms with E-state index in [4.69, 9.17) is 4.74 Å². The molecule has 2 N–H and O–H groups in total. The first-order valence-corrected chi connectivity index (χ1v) is 8.26. The number of amides is 1. The molecule has 2 rings (SSSR count). The summed E-state index contributed by atoms with van der Waals surface area (Å²) in [6.07, 6.45) is 6.67. The monoisotopic (exact) mass is 305 g/mol. The quantitative estimate of drug-likeness (QED) is 0.795. The first-order chi connectivity index (χ1) is 10.7. The minimum Gasteiger partial charge on any atom is -0.497 e. The Bertz CT molecular complexity index is 475. The van der Waals surface area contributed by atoms with Crippen LogP contribution in [0.2, 0.25) is 0 Å². The third-order valence-electron chi connectivity index (χ3n) is 4.51. The van der Waals surface area contributed by atoms with Crippen molar-refractivity contribution in [2.24, 2.45) is 5.92 Å². The van der Waals surface area contributed by atoms with Crippen LogP contribution in [0, 0.1) is 5.92 Å². The van der Waals surface area contributed by atoms with Gasteiger partial charge in [-0.2, -0.15) is 0 Å². The molecule has 0 heterocycles. The lowest BCUT2D eigenvalue weighted by Gasteiger charge is -2.24. The number of carbonyl (C=O) groups is 1. The summed E-state index contributed by atoms with van der Waals surface area (Å²) in [4.78, 5) is 12.2. The lowest BCUT2D eigenvalue weighted by Crippen LogP contribution is -2.41. The van der Waals surface area contributed by atoms with Crippen molar-refractivity contribution < 1.29 is 14.6 Å². The number of hydrogen-bond donors (Lipinski definition) is 2. The lowest BCUT2D eigenvalue weighted by atomic mass is 9.95. The molecule has 0 aromatic heterocycles. The molecule has 1 aliphatic rings. The molecule has 1 aliphatic carbocycles. The largest absolute Gasteiger partial charge is 0.497 e. The SMILES string of the molecule is COc1cccc(CCC(=O)NC2CCCCCC2CO)c1. The highest BCUT2D eigenvalue weighted by Gasteiger charge is 2.24. The fourth-order valence-corrected chi connectivity index (χ4v) is 3.16. The van der Waals surface area contributed by atoms with Crippen molar-refractivity contribution in [1.29, 1.82) is 0 Å². The summed E-state index contributed by atoms with van der Waals surface area (Å²) in [6.45, 7) is 0.167. The normalized spacial score (nSPS) is 21.9. The molecule has 0 radical (unpaired) electrons. The first kappa shape index (κ1) is 16.8. The summed E-state index contributed by atoms with van der Waals surface area (Å²) in [5.41, 5.74) is 1.11. The molecule has 2 atom stereocenters. The van der Waals surface area contributed by atoms with Gasteiger partial charge in [0.1, 0.15) is 5.75 Å². The second-order valence-corrected chi connectivity index (χ2v) is 6.11. The van der Waals surface area contributed by atoms with Crippen molar-refractivity contribution >= 4 is 5.91 Å². The summed E-state index contributed by atoms with van der Waals surface area (Å²) >= 11 is 0. The van der Waals surface area contributed by atoms with E-state index in [-0.39, 0.29) is 24.5 Å². The van der Waals surface area contributed by atoms with Gasteiger partial charge in [-0.05, 0) is 37.0 Å². The minimum absolute atomic E-state index is 0.0770. The Morgan fingerprint density at radius 2 is 2.14 bits per heavy atom. The Morgan fingerprint density at radius 3 is 2.91 bits per heavy atom. The van der Waals surface area contributed by atoms with Gasteiger partial charge in [0.05, 0.1) is 7.11 Å². The smallest absolute Gasteiger partial charge is 0.220 e. The van der Waals surface area contributed by atoms with E-state index in [0.717, 1.165) is 37.0 Å². The Morgan fingerprint density at radius 1 is 1.32 bits per heavy atom. The van der Waals surface area contributed by atoms with E-state index in [1.54, 1.807) is 7.11 Å². The topological polar surface area (TPSA) is 58.6 Å². The molecule has 0 bridgehead atoms. The van der Waals surface area contributed by atoms with Crippen LogP contribution in [-0.2, 0) is 11.2 Å². The number of ether oxygens (including phenoxy) is 1. The van der Waals surface area contributed by atoms with Crippen molar-refractivity contribution in [3.05, 3.63) is 29.8 Å². The van der Waals surface area contributed by atoms with Gasteiger partial charge in [0, 0.05) is 25.0 Å². The number of hydrogen-bond acceptors (Lipinski definition) is 3. The highest BCUT2D eigenvalue weighted by Crippen LogP contribution is 2.23. The second-order valence-electron chi connectivity index (χ2n) is 6.11. The summed E-state index contributed by atoms with van der Waals surface area (Å²) in [5.74, 6) is 1.11. The van der Waals surface area contributed by atoms with Crippen molar-refractivity contribution in [2.75, 3.05) is 13.7 Å². The number of nitrogens with one attached hydrogen (secondary N) is 1. The number of carbonyl (C=O) groups excluding carboxylic acids is 1. The van der Waals surface area contributed by atoms with Crippen LogP contribution in [-0.4, -0.2) is 30.8 Å². The van der Waals surface area contributed by atoms with Gasteiger partial charge in [-0.15, -0.1) is 0 Å². The van der Waals surface area contributed by atoms with Crippen LogP contribution in [0.1, 0.15) is 44.1 Å². The maximum atomic E-state index is 12.2. The van der Waals surface area contributed by atoms with Gasteiger partial charge < -0.3 is 15.2 Å². The van der Waals surface area contributed by atoms with Crippen molar-refractivity contribution in [3.63, 3.8) is 0 Å². The molecule has 0 saturated heterocycles. The van der Waals surface area contributed by atoms with Gasteiger partial charge in [-0.3, -0.25) is 4.79 Å². The second kappa shape index (κ2) is 8.79. The van der Waals surface area contributed by atoms with Crippen molar-refractivity contribution in [2.45, 2.75) is 51.0 Å². The van der Waals surface area contributed by atoms with Crippen LogP contribution in [0.25, 0.3) is 0 Å². The third-order valence-corrected chi connectivity index (χ3v) is 4.51. The van der Waals surface area contributed by atoms with E-state index in [2.05, 4.69) is 5.32 Å². The molecular formula is C18H27NO3. The maximum Gasteiger partial charge on any atom is 0.220 e. The minimum atomic E-state index is 0.0770. The molecule has 4 heteroatoms. The van der Waals surface area contributed by atoms with Gasteiger partial charge in [0.2, 0.25) is 5.91 Å². The lowest BCUT2D eigenvalue weighted by molar-refractivity contribution is -0.122. The average Bonchev–Trinajstić information content (AvgIpc) is 2.78. The zero-order valence-corrected chi connectivity index (χ0v) is 13.4. The summed E-state index contributed by atoms with van der Waals surface area (Å²) in [5, 5.41) is 12.6. The molecule has 1 fully saturated rings. The zero-order chi connectivity index (χ0) is 15.8. The maximum absolute atomic E-state index is 12.2. The van der Waals surface area contributed by atoms with E-state index in [1.165, 1.54) is 6.42 Å². The van der Waals surface area contributed by atoms with Gasteiger partial charge in [-0.1, -0.05) is 31.4 Å². The molecule has 122 valence electrons. The summed E-state index contributed by atoms with van der Waals surface area (Å²) in [6, 6.07) is 7.96. The molecule has 0 spiro atoms. The average molecular weight is 305 g/mol. The van der Waals surface area contributed by atoms with Gasteiger partial charge >= 0.3 is 0 Å². The number of rotatable bonds is 6. The predicted molar refractivity (Wildman–Crippen MR) is 86.9 cm³/mol. The number of benzene rings is 1. The van der Waals surface area contributed by atoms with Gasteiger partial charge in [-0.25, -0.2) is 0 Å². The molecule has 1 aromatic rings. The molecule has 0 aliphatic heterocycles. The molecule has 1 amide bonds. The predicted octanol–water partition coefficient (Wildman–Crippen LogP) is 2.69. The van der Waals surface area contributed by atoms with Crippen LogP contribution >= 0.6 is 0 Å². The number of methoxy groups -OCH3 is 1. The molecule has 22 heavy (non-hydrogen) atoms. The molecule has 2 unspecified atom stereocenters. The Kier molecular flexibility index (Phi) is 6.72.